The van der Waals surface area contributed by atoms with Crippen LogP contribution in [0.5, 0.6) is 0 Å². The van der Waals surface area contributed by atoms with Gasteiger partial charge in [-0.25, -0.2) is 0 Å². The van der Waals surface area contributed by atoms with Crippen LogP contribution in [0.2, 0.25) is 0 Å². The second-order valence-electron chi connectivity index (χ2n) is 8.10. The molecule has 1 atom stereocenters. The molecule has 2 heterocycles. The van der Waals surface area contributed by atoms with Crippen LogP contribution in [-0.4, -0.2) is 65.3 Å². The Morgan fingerprint density at radius 2 is 1.88 bits per heavy atom. The average molecular weight is 355 g/mol. The van der Waals surface area contributed by atoms with Crippen LogP contribution in [0.4, 0.5) is 0 Å². The van der Waals surface area contributed by atoms with E-state index in [-0.39, 0.29) is 17.7 Å². The molecule has 0 bridgehead atoms. The zero-order chi connectivity index (χ0) is 18.1. The van der Waals surface area contributed by atoms with E-state index in [4.69, 9.17) is 0 Å². The van der Waals surface area contributed by atoms with E-state index in [1.165, 1.54) is 11.1 Å². The highest BCUT2D eigenvalue weighted by atomic mass is 16.2. The highest BCUT2D eigenvalue weighted by Crippen LogP contribution is 2.32. The first-order valence-corrected chi connectivity index (χ1v) is 9.96. The van der Waals surface area contributed by atoms with Gasteiger partial charge in [-0.05, 0) is 31.7 Å². The maximum Gasteiger partial charge on any atom is 0.227 e. The number of nitrogens with zero attached hydrogens (tertiary/aromatic N) is 3. The van der Waals surface area contributed by atoms with Gasteiger partial charge in [0.25, 0.3) is 0 Å². The maximum atomic E-state index is 12.9. The monoisotopic (exact) mass is 355 g/mol. The average Bonchev–Trinajstić information content (AvgIpc) is 3.47. The molecule has 2 amide bonds. The first-order chi connectivity index (χ1) is 12.6. The van der Waals surface area contributed by atoms with Crippen molar-refractivity contribution in [2.75, 3.05) is 32.7 Å². The van der Waals surface area contributed by atoms with Gasteiger partial charge in [-0.15, -0.1) is 0 Å². The van der Waals surface area contributed by atoms with Crippen LogP contribution >= 0.6 is 0 Å². The number of aryl methyl sites for hydroxylation is 1. The van der Waals surface area contributed by atoms with Gasteiger partial charge >= 0.3 is 0 Å². The number of piperidine rings is 1. The topological polar surface area (TPSA) is 43.9 Å². The van der Waals surface area contributed by atoms with Crippen molar-refractivity contribution in [1.82, 2.24) is 14.7 Å². The van der Waals surface area contributed by atoms with Crippen LogP contribution < -0.4 is 0 Å². The molecule has 3 fully saturated rings. The molecule has 0 aromatic heterocycles. The van der Waals surface area contributed by atoms with Gasteiger partial charge in [0.1, 0.15) is 0 Å². The summed E-state index contributed by atoms with van der Waals surface area (Å²) < 4.78 is 0. The van der Waals surface area contributed by atoms with Gasteiger partial charge in [-0.3, -0.25) is 14.5 Å². The van der Waals surface area contributed by atoms with Gasteiger partial charge in [0, 0.05) is 51.7 Å². The molecule has 1 aromatic carbocycles. The lowest BCUT2D eigenvalue weighted by atomic mass is 9.95. The molecule has 26 heavy (non-hydrogen) atoms. The highest BCUT2D eigenvalue weighted by Gasteiger charge is 2.39. The normalized spacial score (nSPS) is 24.8. The number of likely N-dealkylation sites (tertiary alicyclic amines) is 1. The first kappa shape index (κ1) is 17.5. The molecule has 4 rings (SSSR count). The Kier molecular flexibility index (Phi) is 4.98. The van der Waals surface area contributed by atoms with Crippen molar-refractivity contribution in [3.63, 3.8) is 0 Å². The summed E-state index contributed by atoms with van der Waals surface area (Å²) in [6, 6.07) is 9.07. The number of benzene rings is 1. The molecule has 2 aliphatic heterocycles. The minimum Gasteiger partial charge on any atom is -0.340 e. The van der Waals surface area contributed by atoms with Crippen LogP contribution in [0.1, 0.15) is 36.8 Å². The fourth-order valence-electron chi connectivity index (χ4n) is 4.27. The predicted octanol–water partition coefficient (Wildman–Crippen LogP) is 2.04. The summed E-state index contributed by atoms with van der Waals surface area (Å²) >= 11 is 0. The number of piperazine rings is 1. The highest BCUT2D eigenvalue weighted by molar-refractivity contribution is 5.84. The van der Waals surface area contributed by atoms with Crippen molar-refractivity contribution in [3.05, 3.63) is 35.4 Å². The van der Waals surface area contributed by atoms with Crippen molar-refractivity contribution < 1.29 is 9.59 Å². The lowest BCUT2D eigenvalue weighted by molar-refractivity contribution is -0.144. The standard InChI is InChI=1S/C21H29N3O2/c1-16-3-2-4-17(13-16)14-22-9-11-23(12-10-22)21(26)18-5-8-20(25)24(15-18)19-6-7-19/h2-4,13,18-19H,5-12,14-15H2,1H3. The van der Waals surface area contributed by atoms with Crippen molar-refractivity contribution in [2.24, 2.45) is 5.92 Å². The smallest absolute Gasteiger partial charge is 0.227 e. The van der Waals surface area contributed by atoms with Gasteiger partial charge in [-0.1, -0.05) is 29.8 Å². The van der Waals surface area contributed by atoms with E-state index in [1.807, 2.05) is 9.80 Å². The van der Waals surface area contributed by atoms with E-state index in [9.17, 15) is 9.59 Å². The molecule has 0 radical (unpaired) electrons. The second kappa shape index (κ2) is 7.39. The Balaban J connectivity index is 1.28. The summed E-state index contributed by atoms with van der Waals surface area (Å²) in [4.78, 5) is 31.4. The van der Waals surface area contributed by atoms with Crippen molar-refractivity contribution >= 4 is 11.8 Å². The number of carbonyl (C=O) groups excluding carboxylic acids is 2. The van der Waals surface area contributed by atoms with E-state index in [1.54, 1.807) is 0 Å². The minimum absolute atomic E-state index is 0.0108. The van der Waals surface area contributed by atoms with Gasteiger partial charge in [0.05, 0.1) is 5.92 Å². The quantitative estimate of drug-likeness (QED) is 0.830. The Morgan fingerprint density at radius 1 is 1.12 bits per heavy atom. The third-order valence-electron chi connectivity index (χ3n) is 5.95. The van der Waals surface area contributed by atoms with E-state index in [0.29, 0.717) is 19.0 Å². The molecule has 0 N–H and O–H groups in total. The zero-order valence-corrected chi connectivity index (χ0v) is 15.7. The number of carbonyl (C=O) groups is 2. The SMILES string of the molecule is Cc1cccc(CN2CCN(C(=O)C3CCC(=O)N(C4CC4)C3)CC2)c1. The summed E-state index contributed by atoms with van der Waals surface area (Å²) in [6.07, 6.45) is 3.50. The lowest BCUT2D eigenvalue weighted by Gasteiger charge is -2.39. The fraction of sp³-hybridized carbons (Fsp3) is 0.619. The van der Waals surface area contributed by atoms with E-state index >= 15 is 0 Å². The Morgan fingerprint density at radius 3 is 2.58 bits per heavy atom. The molecule has 1 unspecified atom stereocenters. The molecule has 1 aromatic rings. The van der Waals surface area contributed by atoms with Crippen LogP contribution in [0.3, 0.4) is 0 Å². The molecular weight excluding hydrogens is 326 g/mol. The fourth-order valence-corrected chi connectivity index (χ4v) is 4.27. The molecule has 140 valence electrons. The first-order valence-electron chi connectivity index (χ1n) is 9.96. The van der Waals surface area contributed by atoms with Crippen molar-refractivity contribution in [3.8, 4) is 0 Å². The Bertz CT molecular complexity index is 678. The van der Waals surface area contributed by atoms with E-state index in [2.05, 4.69) is 36.1 Å². The number of hydrogen-bond donors (Lipinski definition) is 0. The summed E-state index contributed by atoms with van der Waals surface area (Å²) in [7, 11) is 0. The predicted molar refractivity (Wildman–Crippen MR) is 100 cm³/mol. The number of rotatable bonds is 4. The van der Waals surface area contributed by atoms with Crippen LogP contribution in [-0.2, 0) is 16.1 Å². The summed E-state index contributed by atoms with van der Waals surface area (Å²) in [5, 5.41) is 0. The van der Waals surface area contributed by atoms with Crippen molar-refractivity contribution in [1.29, 1.82) is 0 Å². The zero-order valence-electron chi connectivity index (χ0n) is 15.7. The minimum atomic E-state index is 0.0108. The molecule has 5 nitrogen and oxygen atoms in total. The summed E-state index contributed by atoms with van der Waals surface area (Å²) in [5.74, 6) is 0.523. The van der Waals surface area contributed by atoms with Gasteiger partial charge in [-0.2, -0.15) is 0 Å². The van der Waals surface area contributed by atoms with E-state index < -0.39 is 0 Å². The second-order valence-corrected chi connectivity index (χ2v) is 8.10. The van der Waals surface area contributed by atoms with Crippen LogP contribution in [0.15, 0.2) is 24.3 Å². The molecule has 3 aliphatic rings. The van der Waals surface area contributed by atoms with E-state index in [0.717, 1.165) is 52.0 Å². The molecule has 1 saturated carbocycles. The molecular formula is C21H29N3O2. The molecule has 0 spiro atoms. The molecule has 5 heteroatoms. The largest absolute Gasteiger partial charge is 0.340 e. The van der Waals surface area contributed by atoms with Crippen molar-refractivity contribution in [2.45, 2.75) is 45.2 Å². The Labute approximate surface area is 155 Å². The van der Waals surface area contributed by atoms with Crippen LogP contribution in [0.25, 0.3) is 0 Å². The maximum absolute atomic E-state index is 12.9. The third kappa shape index (κ3) is 3.93. The van der Waals surface area contributed by atoms with Crippen LogP contribution in [0, 0.1) is 12.8 Å². The van der Waals surface area contributed by atoms with Gasteiger partial charge in [0.15, 0.2) is 0 Å². The Hall–Kier alpha value is -1.88. The van der Waals surface area contributed by atoms with Gasteiger partial charge in [0.2, 0.25) is 11.8 Å². The van der Waals surface area contributed by atoms with Gasteiger partial charge < -0.3 is 9.80 Å². The number of hydrogen-bond acceptors (Lipinski definition) is 3. The molecule has 1 aliphatic carbocycles. The third-order valence-corrected chi connectivity index (χ3v) is 5.95. The summed E-state index contributed by atoms with van der Waals surface area (Å²) in [5.41, 5.74) is 2.64. The number of amides is 2. The molecule has 2 saturated heterocycles. The lowest BCUT2D eigenvalue weighted by Crippen LogP contribution is -2.53. The summed E-state index contributed by atoms with van der Waals surface area (Å²) in [6.45, 7) is 7.19.